The van der Waals surface area contributed by atoms with Crippen molar-refractivity contribution in [1.29, 1.82) is 0 Å². The van der Waals surface area contributed by atoms with Gasteiger partial charge in [0.15, 0.2) is 0 Å². The van der Waals surface area contributed by atoms with Crippen molar-refractivity contribution in [1.82, 2.24) is 9.88 Å². The van der Waals surface area contributed by atoms with Crippen LogP contribution in [-0.2, 0) is 14.3 Å². The summed E-state index contributed by atoms with van der Waals surface area (Å²) in [5.41, 5.74) is 1.47. The number of ether oxygens (including phenoxy) is 1. The molecule has 17 heavy (non-hydrogen) atoms. The predicted molar refractivity (Wildman–Crippen MR) is 55.1 cm³/mol. The molecule has 1 aromatic heterocycles. The fraction of sp³-hybridized carbons (Fsp3) is 0.333. The summed E-state index contributed by atoms with van der Waals surface area (Å²) >= 11 is 1.12. The van der Waals surface area contributed by atoms with Crippen LogP contribution in [0.25, 0.3) is 0 Å². The molecule has 1 aliphatic heterocycles. The number of carbonyl (C=O) groups is 3. The molecule has 8 heteroatoms. The van der Waals surface area contributed by atoms with Crippen LogP contribution in [0.3, 0.4) is 0 Å². The van der Waals surface area contributed by atoms with Crippen LogP contribution in [-0.4, -0.2) is 33.0 Å². The first-order valence-electron chi connectivity index (χ1n) is 4.72. The van der Waals surface area contributed by atoms with Crippen molar-refractivity contribution in [3.05, 3.63) is 16.6 Å². The van der Waals surface area contributed by atoms with E-state index >= 15 is 0 Å². The van der Waals surface area contributed by atoms with Crippen molar-refractivity contribution >= 4 is 29.3 Å². The van der Waals surface area contributed by atoms with Crippen LogP contribution in [0, 0.1) is 0 Å². The number of rotatable bonds is 3. The summed E-state index contributed by atoms with van der Waals surface area (Å²) in [7, 11) is 0. The molecular formula is C9H8N2O5S. The lowest BCUT2D eigenvalue weighted by molar-refractivity contribution is -0.150. The number of hydrogen-bond acceptors (Lipinski definition) is 6. The minimum Gasteiger partial charge on any atom is -0.450 e. The van der Waals surface area contributed by atoms with Gasteiger partial charge in [-0.3, -0.25) is 14.6 Å². The van der Waals surface area contributed by atoms with Crippen LogP contribution < -0.4 is 0 Å². The second kappa shape index (κ2) is 4.50. The minimum atomic E-state index is -1.55. The highest BCUT2D eigenvalue weighted by atomic mass is 32.1. The van der Waals surface area contributed by atoms with Crippen LogP contribution in [0.2, 0.25) is 0 Å². The number of hydrogen-bond donors (Lipinski definition) is 1. The average Bonchev–Trinajstić information content (AvgIpc) is 2.86. The molecule has 90 valence electrons. The molecule has 1 aliphatic rings. The van der Waals surface area contributed by atoms with Crippen molar-refractivity contribution in [2.45, 2.75) is 19.1 Å². The van der Waals surface area contributed by atoms with Gasteiger partial charge < -0.3 is 9.84 Å². The first-order valence-corrected chi connectivity index (χ1v) is 5.60. The highest BCUT2D eigenvalue weighted by Gasteiger charge is 2.38. The molecule has 0 saturated carbocycles. The molecule has 1 aromatic rings. The maximum Gasteiger partial charge on any atom is 0.508 e. The molecule has 2 heterocycles. The second-order valence-electron chi connectivity index (χ2n) is 3.30. The second-order valence-corrected chi connectivity index (χ2v) is 4.22. The van der Waals surface area contributed by atoms with Gasteiger partial charge in [-0.2, -0.15) is 0 Å². The molecule has 2 rings (SSSR count). The van der Waals surface area contributed by atoms with E-state index in [1.54, 1.807) is 0 Å². The van der Waals surface area contributed by atoms with E-state index in [0.717, 1.165) is 16.2 Å². The Morgan fingerprint density at radius 2 is 2.12 bits per heavy atom. The van der Waals surface area contributed by atoms with Crippen LogP contribution in [0.15, 0.2) is 11.7 Å². The minimum absolute atomic E-state index is 0.0805. The number of amides is 2. The highest BCUT2D eigenvalue weighted by Crippen LogP contribution is 2.30. The van der Waals surface area contributed by atoms with E-state index < -0.39 is 24.2 Å². The molecule has 1 fully saturated rings. The Morgan fingerprint density at radius 1 is 1.47 bits per heavy atom. The Hall–Kier alpha value is -1.96. The van der Waals surface area contributed by atoms with E-state index in [1.165, 1.54) is 11.7 Å². The van der Waals surface area contributed by atoms with Gasteiger partial charge in [0.25, 0.3) is 0 Å². The van der Waals surface area contributed by atoms with E-state index in [1.807, 2.05) is 0 Å². The topological polar surface area (TPSA) is 96.8 Å². The first-order chi connectivity index (χ1) is 8.09. The van der Waals surface area contributed by atoms with Gasteiger partial charge in [0, 0.05) is 19.0 Å². The maximum atomic E-state index is 11.5. The van der Waals surface area contributed by atoms with Gasteiger partial charge in [-0.15, -0.1) is 11.3 Å². The lowest BCUT2D eigenvalue weighted by atomic mass is 10.4. The fourth-order valence-corrected chi connectivity index (χ4v) is 2.17. The normalized spacial score (nSPS) is 17.3. The van der Waals surface area contributed by atoms with Gasteiger partial charge in [0.05, 0.1) is 10.4 Å². The van der Waals surface area contributed by atoms with E-state index in [4.69, 9.17) is 5.11 Å². The maximum absolute atomic E-state index is 11.5. The quantitative estimate of drug-likeness (QED) is 0.639. The Labute approximate surface area is 99.6 Å². The average molecular weight is 256 g/mol. The zero-order chi connectivity index (χ0) is 12.4. The van der Waals surface area contributed by atoms with E-state index in [9.17, 15) is 14.4 Å². The van der Waals surface area contributed by atoms with E-state index in [2.05, 4.69) is 9.72 Å². The summed E-state index contributed by atoms with van der Waals surface area (Å²) in [6, 6.07) is 0. The van der Waals surface area contributed by atoms with Crippen LogP contribution >= 0.6 is 11.3 Å². The van der Waals surface area contributed by atoms with Gasteiger partial charge in [-0.1, -0.05) is 0 Å². The largest absolute Gasteiger partial charge is 0.508 e. The van der Waals surface area contributed by atoms with Crippen molar-refractivity contribution in [2.24, 2.45) is 0 Å². The molecule has 0 aromatic carbocycles. The summed E-state index contributed by atoms with van der Waals surface area (Å²) < 4.78 is 4.59. The van der Waals surface area contributed by atoms with Crippen molar-refractivity contribution < 1.29 is 24.2 Å². The van der Waals surface area contributed by atoms with Gasteiger partial charge >= 0.3 is 6.16 Å². The molecule has 1 atom stereocenters. The smallest absolute Gasteiger partial charge is 0.450 e. The highest BCUT2D eigenvalue weighted by molar-refractivity contribution is 7.09. The number of imide groups is 1. The summed E-state index contributed by atoms with van der Waals surface area (Å²) in [5.74, 6) is -0.871. The summed E-state index contributed by atoms with van der Waals surface area (Å²) in [6.45, 7) is 0. The molecule has 7 nitrogen and oxygen atoms in total. The Balaban J connectivity index is 2.30. The summed E-state index contributed by atoms with van der Waals surface area (Å²) in [6.07, 6.45) is -1.23. The predicted octanol–water partition coefficient (Wildman–Crippen LogP) is 0.985. The molecule has 2 amide bonds. The van der Waals surface area contributed by atoms with Crippen molar-refractivity contribution in [3.63, 3.8) is 0 Å². The zero-order valence-electron chi connectivity index (χ0n) is 8.53. The Kier molecular flexibility index (Phi) is 3.05. The van der Waals surface area contributed by atoms with Gasteiger partial charge in [-0.05, 0) is 0 Å². The number of carboxylic acid groups (broad SMARTS) is 1. The zero-order valence-corrected chi connectivity index (χ0v) is 9.35. The molecule has 1 saturated heterocycles. The molecule has 1 unspecified atom stereocenters. The van der Waals surface area contributed by atoms with Gasteiger partial charge in [-0.25, -0.2) is 9.69 Å². The standard InChI is InChI=1S/C9H8N2O5S/c12-6-1-2-7(13)11(6)8(16-9(14)15)5-3-10-4-17-5/h3-4,8H,1-2H2,(H,14,15). The molecule has 0 aliphatic carbocycles. The number of thiazole rings is 1. The van der Waals surface area contributed by atoms with Crippen molar-refractivity contribution in [3.8, 4) is 0 Å². The SMILES string of the molecule is O=C(O)OC(c1cncs1)N1C(=O)CCC1=O. The van der Waals surface area contributed by atoms with Crippen LogP contribution in [0.4, 0.5) is 4.79 Å². The number of nitrogens with zero attached hydrogens (tertiary/aromatic N) is 2. The Bertz CT molecular complexity index is 442. The molecule has 0 spiro atoms. The van der Waals surface area contributed by atoms with Gasteiger partial charge in [0.1, 0.15) is 0 Å². The third kappa shape index (κ3) is 2.26. The van der Waals surface area contributed by atoms with E-state index in [0.29, 0.717) is 4.88 Å². The van der Waals surface area contributed by atoms with Gasteiger partial charge in [0.2, 0.25) is 18.0 Å². The molecule has 0 bridgehead atoms. The number of carbonyl (C=O) groups excluding carboxylic acids is 2. The lowest BCUT2D eigenvalue weighted by Gasteiger charge is -2.23. The molecular weight excluding hydrogens is 248 g/mol. The van der Waals surface area contributed by atoms with Crippen molar-refractivity contribution in [2.75, 3.05) is 0 Å². The number of aromatic nitrogens is 1. The Morgan fingerprint density at radius 3 is 2.59 bits per heavy atom. The molecule has 0 radical (unpaired) electrons. The summed E-state index contributed by atoms with van der Waals surface area (Å²) in [4.78, 5) is 38.6. The third-order valence-electron chi connectivity index (χ3n) is 2.23. The molecule has 1 N–H and O–H groups in total. The third-order valence-corrected chi connectivity index (χ3v) is 3.04. The monoisotopic (exact) mass is 256 g/mol. The summed E-state index contributed by atoms with van der Waals surface area (Å²) in [5, 5.41) is 8.63. The lowest BCUT2D eigenvalue weighted by Crippen LogP contribution is -2.35. The number of likely N-dealkylation sites (tertiary alicyclic amines) is 1. The first kappa shape index (κ1) is 11.5. The van der Waals surface area contributed by atoms with Crippen LogP contribution in [0.1, 0.15) is 23.9 Å². The van der Waals surface area contributed by atoms with Crippen LogP contribution in [0.5, 0.6) is 0 Å². The van der Waals surface area contributed by atoms with E-state index in [-0.39, 0.29) is 12.8 Å². The fourth-order valence-electron chi connectivity index (χ4n) is 1.54.